The van der Waals surface area contributed by atoms with Crippen LogP contribution in [0, 0.1) is 0 Å². The number of halogens is 1. The Morgan fingerprint density at radius 3 is 2.43 bits per heavy atom. The average Bonchev–Trinajstić information content (AvgIpc) is 1.65. The van der Waals surface area contributed by atoms with Gasteiger partial charge in [-0.15, -0.1) is 0 Å². The quantitative estimate of drug-likeness (QED) is 0.289. The molecule has 0 aromatic rings. The molecular formula is C3H7IN2O. The lowest BCUT2D eigenvalue weighted by Crippen LogP contribution is -2.36. The molecule has 7 heavy (non-hydrogen) atoms. The van der Waals surface area contributed by atoms with Crippen LogP contribution in [0.15, 0.2) is 0 Å². The van der Waals surface area contributed by atoms with Crippen molar-refractivity contribution < 1.29 is 4.79 Å². The fourth-order valence-corrected chi connectivity index (χ4v) is 0.245. The Kier molecular flexibility index (Phi) is 3.49. The molecule has 0 aliphatic carbocycles. The number of carbonyl (C=O) groups excluding carboxylic acids is 1. The van der Waals surface area contributed by atoms with E-state index in [0.29, 0.717) is 0 Å². The summed E-state index contributed by atoms with van der Waals surface area (Å²) in [5.41, 5.74) is 2.31. The first-order valence-corrected chi connectivity index (χ1v) is 2.92. The van der Waals surface area contributed by atoms with Crippen molar-refractivity contribution >= 4 is 26.4 Å². The third-order valence-corrected chi connectivity index (χ3v) is 1.52. The van der Waals surface area contributed by atoms with Crippen LogP contribution >= 0.6 is 22.6 Å². The van der Waals surface area contributed by atoms with Gasteiger partial charge in [-0.3, -0.25) is 10.6 Å². The molecular weight excluding hydrogens is 207 g/mol. The van der Waals surface area contributed by atoms with Gasteiger partial charge in [0.1, 0.15) is 0 Å². The van der Waals surface area contributed by atoms with Crippen LogP contribution in [0.2, 0.25) is 0 Å². The highest BCUT2D eigenvalue weighted by molar-refractivity contribution is 14.1. The van der Waals surface area contributed by atoms with Crippen molar-refractivity contribution in [3.63, 3.8) is 0 Å². The largest absolute Gasteiger partial charge is 0.286 e. The fourth-order valence-electron chi connectivity index (χ4n) is 0.0655. The van der Waals surface area contributed by atoms with E-state index in [0.717, 1.165) is 0 Å². The van der Waals surface area contributed by atoms with Gasteiger partial charge >= 0.3 is 0 Å². The Bertz CT molecular complexity index is 75.3. The minimum atomic E-state index is -0.222. The van der Waals surface area contributed by atoms with E-state index in [9.17, 15) is 4.79 Å². The lowest BCUT2D eigenvalue weighted by molar-refractivity contribution is -0.110. The summed E-state index contributed by atoms with van der Waals surface area (Å²) in [6.07, 6.45) is 0. The van der Waals surface area contributed by atoms with Crippen molar-refractivity contribution in [1.29, 1.82) is 0 Å². The van der Waals surface area contributed by atoms with E-state index in [4.69, 9.17) is 5.84 Å². The molecule has 0 amide bonds. The highest BCUT2D eigenvalue weighted by atomic mass is 127. The molecule has 0 aliphatic heterocycles. The van der Waals surface area contributed by atoms with E-state index in [-0.39, 0.29) is 9.83 Å². The summed E-state index contributed by atoms with van der Waals surface area (Å²) in [5, 5.41) is 0. The van der Waals surface area contributed by atoms with Crippen LogP contribution in [0.4, 0.5) is 0 Å². The van der Waals surface area contributed by atoms with Crippen LogP contribution < -0.4 is 11.3 Å². The predicted octanol–water partition coefficient (Wildman–Crippen LogP) is -0.200. The van der Waals surface area contributed by atoms with Crippen molar-refractivity contribution in [2.45, 2.75) is 13.0 Å². The number of carbonyl (C=O) groups is 1. The van der Waals surface area contributed by atoms with Crippen LogP contribution in [0.25, 0.3) is 0 Å². The maximum atomic E-state index is 10.2. The first kappa shape index (κ1) is 7.32. The second kappa shape index (κ2) is 3.34. The minimum absolute atomic E-state index is 0.0279. The zero-order valence-corrected chi connectivity index (χ0v) is 6.10. The Balaban J connectivity index is 3.34. The van der Waals surface area contributed by atoms with Gasteiger partial charge in [0.25, 0.3) is 0 Å². The van der Waals surface area contributed by atoms with Crippen LogP contribution in [-0.2, 0) is 4.79 Å². The van der Waals surface area contributed by atoms with Crippen LogP contribution in [-0.4, -0.2) is 9.83 Å². The Labute approximate surface area is 55.8 Å². The summed E-state index contributed by atoms with van der Waals surface area (Å²) in [6, 6.07) is -0.222. The van der Waals surface area contributed by atoms with Crippen molar-refractivity contribution in [3.05, 3.63) is 0 Å². The molecule has 0 aliphatic rings. The normalized spacial score (nSPS) is 13.6. The molecule has 0 unspecified atom stereocenters. The monoisotopic (exact) mass is 214 g/mol. The predicted molar refractivity (Wildman–Crippen MR) is 35.8 cm³/mol. The SMILES string of the molecule is C[C@@H](NN)C(=O)I. The van der Waals surface area contributed by atoms with Crippen molar-refractivity contribution in [1.82, 2.24) is 5.43 Å². The average molecular weight is 214 g/mol. The highest BCUT2D eigenvalue weighted by Crippen LogP contribution is 1.89. The van der Waals surface area contributed by atoms with Gasteiger partial charge < -0.3 is 0 Å². The number of hydrogen-bond donors (Lipinski definition) is 2. The Morgan fingerprint density at radius 2 is 2.43 bits per heavy atom. The van der Waals surface area contributed by atoms with E-state index in [1.807, 2.05) is 0 Å². The van der Waals surface area contributed by atoms with Gasteiger partial charge in [-0.25, -0.2) is 5.43 Å². The van der Waals surface area contributed by atoms with Crippen molar-refractivity contribution in [2.24, 2.45) is 5.84 Å². The maximum Gasteiger partial charge on any atom is 0.210 e. The molecule has 42 valence electrons. The zero-order chi connectivity index (χ0) is 5.86. The number of nitrogens with two attached hydrogens (primary N) is 1. The van der Waals surface area contributed by atoms with Gasteiger partial charge in [-0.05, 0) is 6.92 Å². The molecule has 0 rings (SSSR count). The first-order chi connectivity index (χ1) is 3.18. The van der Waals surface area contributed by atoms with Crippen molar-refractivity contribution in [3.8, 4) is 0 Å². The molecule has 4 heteroatoms. The Morgan fingerprint density at radius 1 is 2.00 bits per heavy atom. The summed E-state index contributed by atoms with van der Waals surface area (Å²) >= 11 is 1.69. The van der Waals surface area contributed by atoms with E-state index in [2.05, 4.69) is 5.43 Å². The molecule has 1 atom stereocenters. The van der Waals surface area contributed by atoms with Crippen LogP contribution in [0.5, 0.6) is 0 Å². The topological polar surface area (TPSA) is 55.1 Å². The maximum absolute atomic E-state index is 10.2. The molecule has 0 heterocycles. The molecule has 0 fully saturated rings. The molecule has 0 radical (unpaired) electrons. The molecule has 3 nitrogen and oxygen atoms in total. The molecule has 0 saturated heterocycles. The van der Waals surface area contributed by atoms with Crippen LogP contribution in [0.1, 0.15) is 6.92 Å². The zero-order valence-electron chi connectivity index (χ0n) is 3.94. The summed E-state index contributed by atoms with van der Waals surface area (Å²) in [7, 11) is 0. The minimum Gasteiger partial charge on any atom is -0.286 e. The lowest BCUT2D eigenvalue weighted by atomic mass is 10.4. The number of hydrogen-bond acceptors (Lipinski definition) is 3. The van der Waals surface area contributed by atoms with Crippen molar-refractivity contribution in [2.75, 3.05) is 0 Å². The molecule has 0 saturated carbocycles. The van der Waals surface area contributed by atoms with E-state index >= 15 is 0 Å². The third kappa shape index (κ3) is 2.95. The number of rotatable bonds is 2. The smallest absolute Gasteiger partial charge is 0.210 e. The number of nitrogens with one attached hydrogen (secondary N) is 1. The summed E-state index contributed by atoms with van der Waals surface area (Å²) in [5.74, 6) is 4.90. The first-order valence-electron chi connectivity index (χ1n) is 1.84. The summed E-state index contributed by atoms with van der Waals surface area (Å²) in [4.78, 5) is 10.2. The van der Waals surface area contributed by atoms with E-state index < -0.39 is 0 Å². The van der Waals surface area contributed by atoms with E-state index in [1.54, 1.807) is 29.5 Å². The highest BCUT2D eigenvalue weighted by Gasteiger charge is 2.03. The second-order valence-electron chi connectivity index (χ2n) is 1.19. The molecule has 0 aromatic carbocycles. The Hall–Kier alpha value is 0.320. The standard InChI is InChI=1S/C3H7IN2O/c1-2(6-5)3(4)7/h2,6H,5H2,1H3/t2-/m1/s1. The summed E-state index contributed by atoms with van der Waals surface area (Å²) < 4.78 is 0.0279. The van der Waals surface area contributed by atoms with Crippen LogP contribution in [0.3, 0.4) is 0 Å². The van der Waals surface area contributed by atoms with Gasteiger partial charge in [0.05, 0.1) is 6.04 Å². The van der Waals surface area contributed by atoms with Gasteiger partial charge in [-0.1, -0.05) is 0 Å². The number of hydrazine groups is 1. The van der Waals surface area contributed by atoms with E-state index in [1.165, 1.54) is 0 Å². The van der Waals surface area contributed by atoms with Gasteiger partial charge in [0.2, 0.25) is 3.79 Å². The molecule has 3 N–H and O–H groups in total. The summed E-state index contributed by atoms with van der Waals surface area (Å²) in [6.45, 7) is 1.70. The molecule has 0 bridgehead atoms. The molecule has 0 aromatic heterocycles. The van der Waals surface area contributed by atoms with Gasteiger partial charge in [-0.2, -0.15) is 0 Å². The lowest BCUT2D eigenvalue weighted by Gasteiger charge is -1.99. The molecule has 0 spiro atoms. The fraction of sp³-hybridized carbons (Fsp3) is 0.667. The third-order valence-electron chi connectivity index (χ3n) is 0.590. The van der Waals surface area contributed by atoms with Gasteiger partial charge in [0, 0.05) is 22.6 Å². The van der Waals surface area contributed by atoms with Gasteiger partial charge in [0.15, 0.2) is 0 Å². The second-order valence-corrected chi connectivity index (χ2v) is 2.26.